The number of hydrogen-bond donors (Lipinski definition) is 2. The van der Waals surface area contributed by atoms with Gasteiger partial charge < -0.3 is 9.97 Å². The number of H-pyrrole nitrogens is 2. The molecule has 402 valence electrons. The number of benzene rings is 4. The fourth-order valence-corrected chi connectivity index (χ4v) is 9.59. The van der Waals surface area contributed by atoms with Crippen LogP contribution < -0.4 is 0 Å². The number of aromatic amines is 2. The van der Waals surface area contributed by atoms with Gasteiger partial charge in [0.25, 0.3) is 0 Å². The van der Waals surface area contributed by atoms with E-state index in [1.54, 1.807) is 0 Å². The van der Waals surface area contributed by atoms with Crippen LogP contribution in [-0.4, -0.2) is 19.9 Å². The maximum absolute atomic E-state index is 5.45. The number of aromatic nitrogens is 4. The number of rotatable bonds is 4. The highest BCUT2D eigenvalue weighted by Crippen LogP contribution is 2.41. The Morgan fingerprint density at radius 3 is 0.500 bits per heavy atom. The van der Waals surface area contributed by atoms with Crippen molar-refractivity contribution in [1.29, 1.82) is 0 Å². The molecule has 4 heteroatoms. The smallest absolute Gasteiger partial charge is 0.0480 e. The highest BCUT2D eigenvalue weighted by molar-refractivity contribution is 5.89. The SMILES string of the molecule is CC(C)(C)c1cc(-c2cncc(-c3cc(C(C)(C)C)cc(C(C)(C)C)c3)c3ccc([nH]3)c(-c3cc(C(C)(C)C)cc(C(C)(C)C)c3)cncc(-c3cc(C(C)(C)C)cc(C(C)(C)C)c3)c3ccc2[nH]3)cc(C(C)(C)C)c1. The van der Waals surface area contributed by atoms with Gasteiger partial charge in [0.05, 0.1) is 0 Å². The van der Waals surface area contributed by atoms with Gasteiger partial charge in [-0.2, -0.15) is 0 Å². The summed E-state index contributed by atoms with van der Waals surface area (Å²) < 4.78 is 0. The van der Waals surface area contributed by atoms with E-state index in [2.05, 4.69) is 298 Å². The Bertz CT molecular complexity index is 2840. The van der Waals surface area contributed by atoms with Crippen LogP contribution in [0.5, 0.6) is 0 Å². The van der Waals surface area contributed by atoms with Gasteiger partial charge in [-0.05, 0) is 134 Å². The van der Waals surface area contributed by atoms with Crippen molar-refractivity contribution >= 4 is 22.1 Å². The lowest BCUT2D eigenvalue weighted by Crippen LogP contribution is -2.16. The van der Waals surface area contributed by atoms with Crippen LogP contribution in [0, 0.1) is 0 Å². The first-order chi connectivity index (χ1) is 34.7. The number of nitrogens with zero attached hydrogens (tertiary/aromatic N) is 2. The third kappa shape index (κ3) is 13.2. The second kappa shape index (κ2) is 20.1. The van der Waals surface area contributed by atoms with Crippen molar-refractivity contribution in [2.24, 2.45) is 0 Å². The van der Waals surface area contributed by atoms with Gasteiger partial charge in [0, 0.05) is 69.1 Å². The molecule has 3 aromatic heterocycles. The summed E-state index contributed by atoms with van der Waals surface area (Å²) in [5.74, 6) is 0. The summed E-state index contributed by atoms with van der Waals surface area (Å²) in [6, 6.07) is 37.5. The zero-order valence-electron chi connectivity index (χ0n) is 51.4. The van der Waals surface area contributed by atoms with Gasteiger partial charge in [-0.15, -0.1) is 0 Å². The van der Waals surface area contributed by atoms with E-state index in [1.165, 1.54) is 44.5 Å². The average Bonchev–Trinajstić information content (AvgIpc) is 3.97. The minimum absolute atomic E-state index is 0.0802. The molecule has 2 N–H and O–H groups in total. The van der Waals surface area contributed by atoms with E-state index in [1.807, 2.05) is 0 Å². The third-order valence-electron chi connectivity index (χ3n) is 15.3. The molecule has 0 atom stereocenters. The molecule has 0 aliphatic carbocycles. The van der Waals surface area contributed by atoms with E-state index >= 15 is 0 Å². The lowest BCUT2D eigenvalue weighted by Gasteiger charge is -2.26. The van der Waals surface area contributed by atoms with Crippen LogP contribution in [-0.2, 0) is 43.3 Å². The van der Waals surface area contributed by atoms with Crippen molar-refractivity contribution < 1.29 is 0 Å². The molecular weight excluding hydrogens is 921 g/mol. The standard InChI is InChI=1S/C72H94N4/c1-65(2,3)49-29-45(30-50(37-49)66(4,5)6)57-41-73-42-58(46-31-51(67(7,8)9)38-52(32-46)68(10,11)12)63-27-28-64(76-63)60(48-35-55(71(19,20)21)40-56(36-48)72(22,23)24)44-74-43-59(62-26-25-61(57)75-62)47-33-53(69(13,14)15)39-54(34-47)70(16,17)18/h25-44,75-76H,1-24H3. The third-order valence-corrected chi connectivity index (χ3v) is 15.3. The van der Waals surface area contributed by atoms with Crippen molar-refractivity contribution in [3.63, 3.8) is 0 Å². The summed E-state index contributed by atoms with van der Waals surface area (Å²) >= 11 is 0. The molecule has 7 rings (SSSR count). The Morgan fingerprint density at radius 2 is 0.368 bits per heavy atom. The van der Waals surface area contributed by atoms with Crippen LogP contribution in [0.4, 0.5) is 0 Å². The van der Waals surface area contributed by atoms with Gasteiger partial charge in [-0.3, -0.25) is 9.97 Å². The first kappa shape index (κ1) is 57.7. The number of nitrogens with one attached hydrogen (secondary N) is 2. The average molecular weight is 1020 g/mol. The fraction of sp³-hybridized carbons (Fsp3) is 0.444. The van der Waals surface area contributed by atoms with Gasteiger partial charge in [-0.1, -0.05) is 239 Å². The summed E-state index contributed by atoms with van der Waals surface area (Å²) in [6.45, 7) is 55.4. The fourth-order valence-electron chi connectivity index (χ4n) is 9.59. The summed E-state index contributed by atoms with van der Waals surface area (Å²) in [5.41, 5.74) is 22.2. The molecule has 3 heterocycles. The minimum atomic E-state index is -0.0802. The Labute approximate surface area is 460 Å². The van der Waals surface area contributed by atoms with Crippen molar-refractivity contribution in [2.45, 2.75) is 209 Å². The predicted molar refractivity (Wildman–Crippen MR) is 332 cm³/mol. The van der Waals surface area contributed by atoms with Crippen LogP contribution in [0.3, 0.4) is 0 Å². The molecule has 0 spiro atoms. The maximum atomic E-state index is 5.45. The maximum Gasteiger partial charge on any atom is 0.0480 e. The van der Waals surface area contributed by atoms with Gasteiger partial charge in [0.15, 0.2) is 0 Å². The van der Waals surface area contributed by atoms with Gasteiger partial charge in [-0.25, -0.2) is 0 Å². The normalized spacial score (nSPS) is 13.3. The van der Waals surface area contributed by atoms with Crippen LogP contribution in [0.1, 0.15) is 211 Å². The van der Waals surface area contributed by atoms with Gasteiger partial charge in [0.2, 0.25) is 0 Å². The van der Waals surface area contributed by atoms with Crippen molar-refractivity contribution in [1.82, 2.24) is 19.9 Å². The van der Waals surface area contributed by atoms with Crippen molar-refractivity contribution in [2.75, 3.05) is 0 Å². The molecule has 0 aliphatic heterocycles. The zero-order chi connectivity index (χ0) is 56.5. The molecule has 7 aromatic rings. The minimum Gasteiger partial charge on any atom is -0.354 e. The molecule has 0 amide bonds. The van der Waals surface area contributed by atoms with E-state index in [4.69, 9.17) is 9.97 Å². The van der Waals surface area contributed by atoms with E-state index in [9.17, 15) is 0 Å². The molecule has 0 saturated carbocycles. The van der Waals surface area contributed by atoms with E-state index in [-0.39, 0.29) is 43.3 Å². The first-order valence-corrected chi connectivity index (χ1v) is 27.9. The molecule has 0 saturated heterocycles. The van der Waals surface area contributed by atoms with E-state index in [0.29, 0.717) is 0 Å². The second-order valence-electron chi connectivity index (χ2n) is 30.2. The Balaban J connectivity index is 1.74. The highest BCUT2D eigenvalue weighted by atomic mass is 14.7. The Morgan fingerprint density at radius 1 is 0.224 bits per heavy atom. The molecule has 0 aliphatic rings. The van der Waals surface area contributed by atoms with Crippen LogP contribution >= 0.6 is 0 Å². The molecule has 4 nitrogen and oxygen atoms in total. The van der Waals surface area contributed by atoms with Crippen molar-refractivity contribution in [3.05, 3.63) is 166 Å². The van der Waals surface area contributed by atoms with E-state index in [0.717, 1.165) is 66.6 Å². The van der Waals surface area contributed by atoms with E-state index < -0.39 is 0 Å². The van der Waals surface area contributed by atoms with Crippen molar-refractivity contribution in [3.8, 4) is 44.5 Å². The summed E-state index contributed by atoms with van der Waals surface area (Å²) in [7, 11) is 0. The first-order valence-electron chi connectivity index (χ1n) is 27.9. The monoisotopic (exact) mass is 1010 g/mol. The number of fused-ring (bicyclic) bond motifs is 4. The number of hydrogen-bond acceptors (Lipinski definition) is 2. The highest BCUT2D eigenvalue weighted by Gasteiger charge is 2.26. The van der Waals surface area contributed by atoms with Crippen LogP contribution in [0.25, 0.3) is 66.6 Å². The second-order valence-corrected chi connectivity index (χ2v) is 30.2. The topological polar surface area (TPSA) is 57.4 Å². The summed E-state index contributed by atoms with van der Waals surface area (Å²) in [5, 5.41) is 0. The molecular formula is C72H94N4. The van der Waals surface area contributed by atoms with Gasteiger partial charge in [0.1, 0.15) is 0 Å². The lowest BCUT2D eigenvalue weighted by molar-refractivity contribution is 0.568. The quantitative estimate of drug-likeness (QED) is 0.185. The Hall–Kier alpha value is -6.00. The molecule has 0 fully saturated rings. The Kier molecular flexibility index (Phi) is 15.3. The molecule has 0 radical (unpaired) electrons. The molecule has 4 aromatic carbocycles. The summed E-state index contributed by atoms with van der Waals surface area (Å²) in [6.07, 6.45) is 8.34. The molecule has 0 unspecified atom stereocenters. The van der Waals surface area contributed by atoms with Gasteiger partial charge >= 0.3 is 0 Å². The molecule has 4 bridgehead atoms. The van der Waals surface area contributed by atoms with Crippen LogP contribution in [0.2, 0.25) is 0 Å². The molecule has 76 heavy (non-hydrogen) atoms. The largest absolute Gasteiger partial charge is 0.354 e. The predicted octanol–water partition coefficient (Wildman–Crippen LogP) is 20.7. The lowest BCUT2D eigenvalue weighted by atomic mass is 9.79. The van der Waals surface area contributed by atoms with Crippen LogP contribution in [0.15, 0.2) is 122 Å². The zero-order valence-corrected chi connectivity index (χ0v) is 51.4. The summed E-state index contributed by atoms with van der Waals surface area (Å²) in [4.78, 5) is 18.9.